The lowest BCUT2D eigenvalue weighted by atomic mass is 9.75. The molecule has 0 radical (unpaired) electrons. The predicted octanol–water partition coefficient (Wildman–Crippen LogP) is 1.28. The molecule has 1 spiro atoms. The molecule has 2 fully saturated rings. The van der Waals surface area contributed by atoms with Crippen molar-refractivity contribution in [3.05, 3.63) is 61.3 Å². The Morgan fingerprint density at radius 3 is 2.77 bits per heavy atom. The van der Waals surface area contributed by atoms with Crippen molar-refractivity contribution in [3.63, 3.8) is 0 Å². The second-order valence-electron chi connectivity index (χ2n) is 9.46. The first-order valence-corrected chi connectivity index (χ1v) is 12.5. The smallest absolute Gasteiger partial charge is 0.328 e. The zero-order valence-corrected chi connectivity index (χ0v) is 21.5. The van der Waals surface area contributed by atoms with Crippen LogP contribution in [-0.4, -0.2) is 76.6 Å². The maximum atomic E-state index is 13.1. The summed E-state index contributed by atoms with van der Waals surface area (Å²) in [4.78, 5) is 41.2. The fourth-order valence-corrected chi connectivity index (χ4v) is 5.26. The molecule has 2 aromatic rings. The lowest BCUT2D eigenvalue weighted by molar-refractivity contribution is -0.195. The van der Waals surface area contributed by atoms with Crippen LogP contribution in [0.1, 0.15) is 42.6 Å². The summed E-state index contributed by atoms with van der Waals surface area (Å²) in [5.74, 6) is 0.588. The number of nitrogens with one attached hydrogen (secondary N) is 2. The zero-order chi connectivity index (χ0) is 25.2. The molecule has 190 valence electrons. The van der Waals surface area contributed by atoms with Gasteiger partial charge in [0, 0.05) is 37.8 Å². The van der Waals surface area contributed by atoms with Crippen molar-refractivity contribution in [3.8, 4) is 5.75 Å². The van der Waals surface area contributed by atoms with E-state index in [1.807, 2.05) is 19.2 Å². The van der Waals surface area contributed by atoms with E-state index in [2.05, 4.69) is 26.2 Å². The van der Waals surface area contributed by atoms with Crippen LogP contribution in [0, 0.1) is 0 Å². The molecule has 2 saturated heterocycles. The number of hydrogen-bond acceptors (Lipinski definition) is 7. The number of aromatic amines is 1. The second-order valence-corrected chi connectivity index (χ2v) is 10.3. The normalized spacial score (nSPS) is 23.9. The Bertz CT molecular complexity index is 1190. The van der Waals surface area contributed by atoms with E-state index in [9.17, 15) is 19.5 Å². The molecule has 3 N–H and O–H groups in total. The topological polar surface area (TPSA) is 126 Å². The third kappa shape index (κ3) is 5.53. The lowest BCUT2D eigenvalue weighted by Gasteiger charge is -2.51. The molecular formula is C24H31BrN4O6. The first kappa shape index (κ1) is 25.6. The number of H-pyrrole nitrogens is 1. The van der Waals surface area contributed by atoms with Gasteiger partial charge in [0.2, 0.25) is 0 Å². The van der Waals surface area contributed by atoms with Crippen molar-refractivity contribution >= 4 is 21.8 Å². The molecule has 4 rings (SSSR count). The minimum Gasteiger partial charge on any atom is -0.492 e. The predicted molar refractivity (Wildman–Crippen MR) is 133 cm³/mol. The van der Waals surface area contributed by atoms with Crippen molar-refractivity contribution in [2.24, 2.45) is 0 Å². The van der Waals surface area contributed by atoms with Gasteiger partial charge in [-0.2, -0.15) is 0 Å². The highest BCUT2D eigenvalue weighted by Crippen LogP contribution is 2.43. The first-order valence-electron chi connectivity index (χ1n) is 11.7. The number of ether oxygens (including phenoxy) is 2. The standard InChI is InChI=1S/C24H31BrN4O6/c1-23(33)15-24(35-14-19(23)29-13-18(25)20(30)27-22(29)32)6-9-28(10-7-24)21(31)16-4-3-5-17(12-16)34-11-8-26-2/h3-5,12-13,19,26,33H,6-11,14-15H2,1-2H3,(H,27,30,32)/t19-,23-/m0/s1. The summed E-state index contributed by atoms with van der Waals surface area (Å²) in [6.07, 6.45) is 2.85. The van der Waals surface area contributed by atoms with Crippen LogP contribution in [0.4, 0.5) is 0 Å². The van der Waals surface area contributed by atoms with Crippen molar-refractivity contribution in [1.29, 1.82) is 0 Å². The molecule has 0 aliphatic carbocycles. The number of piperidine rings is 1. The molecule has 2 aliphatic heterocycles. The molecular weight excluding hydrogens is 520 g/mol. The quantitative estimate of drug-likeness (QED) is 0.462. The van der Waals surface area contributed by atoms with E-state index in [-0.39, 0.29) is 17.0 Å². The molecule has 2 aliphatic rings. The van der Waals surface area contributed by atoms with Crippen LogP contribution < -0.4 is 21.3 Å². The van der Waals surface area contributed by atoms with Crippen LogP contribution in [0.25, 0.3) is 0 Å². The average Bonchev–Trinajstić information content (AvgIpc) is 2.82. The van der Waals surface area contributed by atoms with Gasteiger partial charge in [-0.1, -0.05) is 6.07 Å². The van der Waals surface area contributed by atoms with E-state index in [1.165, 1.54) is 10.8 Å². The fraction of sp³-hybridized carbons (Fsp3) is 0.542. The fourth-order valence-electron chi connectivity index (χ4n) is 4.94. The Hall–Kier alpha value is -2.47. The molecule has 35 heavy (non-hydrogen) atoms. The van der Waals surface area contributed by atoms with Gasteiger partial charge in [-0.3, -0.25) is 19.1 Å². The van der Waals surface area contributed by atoms with E-state index >= 15 is 0 Å². The summed E-state index contributed by atoms with van der Waals surface area (Å²) >= 11 is 3.14. The third-order valence-corrected chi connectivity index (χ3v) is 7.43. The summed E-state index contributed by atoms with van der Waals surface area (Å²) < 4.78 is 13.4. The second kappa shape index (κ2) is 10.3. The van der Waals surface area contributed by atoms with E-state index in [1.54, 1.807) is 24.0 Å². The number of likely N-dealkylation sites (tertiary alicyclic amines) is 1. The minimum atomic E-state index is -1.25. The van der Waals surface area contributed by atoms with Crippen molar-refractivity contribution in [1.82, 2.24) is 19.8 Å². The van der Waals surface area contributed by atoms with Crippen molar-refractivity contribution in [2.45, 2.75) is 43.4 Å². The van der Waals surface area contributed by atoms with Crippen LogP contribution in [0.2, 0.25) is 0 Å². The maximum absolute atomic E-state index is 13.1. The number of amides is 1. The molecule has 11 heteroatoms. The molecule has 0 bridgehead atoms. The zero-order valence-electron chi connectivity index (χ0n) is 19.9. The van der Waals surface area contributed by atoms with Gasteiger partial charge in [-0.05, 0) is 60.9 Å². The van der Waals surface area contributed by atoms with Crippen LogP contribution in [0.3, 0.4) is 0 Å². The van der Waals surface area contributed by atoms with Crippen LogP contribution in [0.5, 0.6) is 5.75 Å². The Kier molecular flexibility index (Phi) is 7.51. The Balaban J connectivity index is 1.41. The molecule has 2 atom stereocenters. The highest BCUT2D eigenvalue weighted by Gasteiger charge is 2.50. The molecule has 1 aromatic carbocycles. The Morgan fingerprint density at radius 1 is 1.34 bits per heavy atom. The number of halogens is 1. The van der Waals surface area contributed by atoms with E-state index < -0.39 is 28.5 Å². The van der Waals surface area contributed by atoms with Gasteiger partial charge in [-0.15, -0.1) is 0 Å². The van der Waals surface area contributed by atoms with Gasteiger partial charge >= 0.3 is 5.69 Å². The summed E-state index contributed by atoms with van der Waals surface area (Å²) in [6.45, 7) is 4.02. The van der Waals surface area contributed by atoms with E-state index in [4.69, 9.17) is 9.47 Å². The number of rotatable bonds is 6. The number of carbonyl (C=O) groups is 1. The highest BCUT2D eigenvalue weighted by atomic mass is 79.9. The summed E-state index contributed by atoms with van der Waals surface area (Å²) in [5, 5.41) is 14.3. The minimum absolute atomic E-state index is 0.0657. The molecule has 1 aromatic heterocycles. The summed E-state index contributed by atoms with van der Waals surface area (Å²) in [5.41, 5.74) is -2.38. The van der Waals surface area contributed by atoms with Gasteiger partial charge in [-0.25, -0.2) is 4.79 Å². The van der Waals surface area contributed by atoms with Gasteiger partial charge in [0.25, 0.3) is 11.5 Å². The van der Waals surface area contributed by atoms with Crippen LogP contribution >= 0.6 is 15.9 Å². The number of aliphatic hydroxyl groups is 1. The third-order valence-electron chi connectivity index (χ3n) is 6.87. The molecule has 0 unspecified atom stereocenters. The van der Waals surface area contributed by atoms with E-state index in [0.29, 0.717) is 56.8 Å². The Labute approximate surface area is 211 Å². The average molecular weight is 551 g/mol. The number of benzene rings is 1. The summed E-state index contributed by atoms with van der Waals surface area (Å²) in [7, 11) is 1.85. The lowest BCUT2D eigenvalue weighted by Crippen LogP contribution is -2.59. The monoisotopic (exact) mass is 550 g/mol. The van der Waals surface area contributed by atoms with Crippen LogP contribution in [0.15, 0.2) is 44.5 Å². The Morgan fingerprint density at radius 2 is 2.09 bits per heavy atom. The molecule has 0 saturated carbocycles. The molecule has 3 heterocycles. The van der Waals surface area contributed by atoms with Gasteiger partial charge < -0.3 is 24.8 Å². The van der Waals surface area contributed by atoms with Crippen molar-refractivity contribution in [2.75, 3.05) is 39.9 Å². The highest BCUT2D eigenvalue weighted by molar-refractivity contribution is 9.10. The number of hydrogen-bond donors (Lipinski definition) is 3. The number of nitrogens with zero attached hydrogens (tertiary/aromatic N) is 2. The van der Waals surface area contributed by atoms with Gasteiger partial charge in [0.1, 0.15) is 12.4 Å². The number of carbonyl (C=O) groups excluding carboxylic acids is 1. The van der Waals surface area contributed by atoms with Crippen LogP contribution in [-0.2, 0) is 4.74 Å². The largest absolute Gasteiger partial charge is 0.492 e. The number of aromatic nitrogens is 2. The number of likely N-dealkylation sites (N-methyl/N-ethyl adjacent to an activating group) is 1. The van der Waals surface area contributed by atoms with Crippen molar-refractivity contribution < 1.29 is 19.4 Å². The molecule has 10 nitrogen and oxygen atoms in total. The SMILES string of the molecule is CNCCOc1cccc(C(=O)N2CCC3(CC2)C[C@](C)(O)[C@@H](n2cc(Br)c(=O)[nH]c2=O)CO3)c1. The maximum Gasteiger partial charge on any atom is 0.328 e. The summed E-state index contributed by atoms with van der Waals surface area (Å²) in [6, 6.07) is 6.53. The first-order chi connectivity index (χ1) is 16.6. The van der Waals surface area contributed by atoms with E-state index in [0.717, 1.165) is 0 Å². The van der Waals surface area contributed by atoms with Gasteiger partial charge in [0.05, 0.1) is 28.3 Å². The molecule has 1 amide bonds. The van der Waals surface area contributed by atoms with Gasteiger partial charge in [0.15, 0.2) is 0 Å².